The van der Waals surface area contributed by atoms with Gasteiger partial charge in [-0.15, -0.1) is 6.42 Å². The van der Waals surface area contributed by atoms with E-state index in [1.165, 1.54) is 11.3 Å². The van der Waals surface area contributed by atoms with Crippen LogP contribution < -0.4 is 10.6 Å². The van der Waals surface area contributed by atoms with Crippen molar-refractivity contribution in [2.24, 2.45) is 0 Å². The Morgan fingerprint density at radius 2 is 1.80 bits per heavy atom. The number of para-hydroxylation sites is 1. The molecular formula is C20H14N2O2S. The Labute approximate surface area is 149 Å². The summed E-state index contributed by atoms with van der Waals surface area (Å²) in [5.41, 5.74) is 2.65. The number of thiophene rings is 1. The van der Waals surface area contributed by atoms with E-state index in [9.17, 15) is 9.59 Å². The van der Waals surface area contributed by atoms with Crippen LogP contribution in [-0.4, -0.2) is 11.8 Å². The number of terminal acetylenes is 1. The molecule has 1 heterocycles. The van der Waals surface area contributed by atoms with Gasteiger partial charge in [0.25, 0.3) is 11.8 Å². The Morgan fingerprint density at radius 3 is 2.56 bits per heavy atom. The minimum atomic E-state index is -0.324. The van der Waals surface area contributed by atoms with Crippen molar-refractivity contribution < 1.29 is 9.59 Å². The molecule has 122 valence electrons. The topological polar surface area (TPSA) is 58.2 Å². The summed E-state index contributed by atoms with van der Waals surface area (Å²) in [6.07, 6.45) is 5.38. The van der Waals surface area contributed by atoms with Crippen LogP contribution in [0.3, 0.4) is 0 Å². The maximum absolute atomic E-state index is 12.6. The molecule has 0 saturated carbocycles. The van der Waals surface area contributed by atoms with Gasteiger partial charge in [0.15, 0.2) is 0 Å². The Morgan fingerprint density at radius 1 is 0.960 bits per heavy atom. The Hall–Kier alpha value is -3.36. The zero-order valence-electron chi connectivity index (χ0n) is 13.2. The average molecular weight is 346 g/mol. The fourth-order valence-corrected chi connectivity index (χ4v) is 2.90. The van der Waals surface area contributed by atoms with Gasteiger partial charge in [0.1, 0.15) is 0 Å². The smallest absolute Gasteiger partial charge is 0.257 e. The molecule has 5 heteroatoms. The van der Waals surface area contributed by atoms with Crippen molar-refractivity contribution in [1.29, 1.82) is 0 Å². The molecule has 0 spiro atoms. The summed E-state index contributed by atoms with van der Waals surface area (Å²) in [5, 5.41) is 9.15. The molecule has 0 saturated heterocycles. The van der Waals surface area contributed by atoms with E-state index in [-0.39, 0.29) is 11.8 Å². The number of rotatable bonds is 4. The molecule has 3 rings (SSSR count). The van der Waals surface area contributed by atoms with Gasteiger partial charge < -0.3 is 10.6 Å². The van der Waals surface area contributed by atoms with Gasteiger partial charge in [-0.3, -0.25) is 9.59 Å². The maximum Gasteiger partial charge on any atom is 0.257 e. The lowest BCUT2D eigenvalue weighted by Gasteiger charge is -2.11. The first-order valence-corrected chi connectivity index (χ1v) is 8.42. The van der Waals surface area contributed by atoms with Gasteiger partial charge in [-0.05, 0) is 41.8 Å². The molecule has 0 unspecified atom stereocenters. The van der Waals surface area contributed by atoms with Crippen molar-refractivity contribution >= 4 is 34.5 Å². The molecule has 0 bridgehead atoms. The summed E-state index contributed by atoms with van der Waals surface area (Å²) < 4.78 is 0. The second-order valence-electron chi connectivity index (χ2n) is 5.19. The quantitative estimate of drug-likeness (QED) is 0.695. The largest absolute Gasteiger partial charge is 0.322 e. The number of nitrogens with one attached hydrogen (secondary N) is 2. The summed E-state index contributed by atoms with van der Waals surface area (Å²) in [6.45, 7) is 0. The van der Waals surface area contributed by atoms with Crippen LogP contribution in [0, 0.1) is 12.3 Å². The van der Waals surface area contributed by atoms with E-state index >= 15 is 0 Å². The fraction of sp³-hybridized carbons (Fsp3) is 0. The molecule has 25 heavy (non-hydrogen) atoms. The van der Waals surface area contributed by atoms with Gasteiger partial charge in [-0.1, -0.05) is 24.1 Å². The third-order valence-electron chi connectivity index (χ3n) is 3.49. The molecule has 2 amide bonds. The summed E-state index contributed by atoms with van der Waals surface area (Å²) in [4.78, 5) is 24.8. The minimum absolute atomic E-state index is 0.254. The zero-order chi connectivity index (χ0) is 17.6. The number of benzene rings is 2. The zero-order valence-corrected chi connectivity index (χ0v) is 14.0. The van der Waals surface area contributed by atoms with Crippen molar-refractivity contribution in [2.75, 3.05) is 10.6 Å². The van der Waals surface area contributed by atoms with E-state index in [1.807, 2.05) is 5.38 Å². The molecule has 0 aliphatic heterocycles. The third-order valence-corrected chi connectivity index (χ3v) is 4.17. The summed E-state index contributed by atoms with van der Waals surface area (Å²) in [7, 11) is 0. The van der Waals surface area contributed by atoms with Crippen molar-refractivity contribution in [1.82, 2.24) is 0 Å². The second kappa shape index (κ2) is 7.47. The van der Waals surface area contributed by atoms with E-state index in [1.54, 1.807) is 60.0 Å². The normalized spacial score (nSPS) is 9.88. The van der Waals surface area contributed by atoms with Crippen LogP contribution in [0.2, 0.25) is 0 Å². The fourth-order valence-electron chi connectivity index (χ4n) is 2.26. The first kappa shape index (κ1) is 16.5. The predicted molar refractivity (Wildman–Crippen MR) is 101 cm³/mol. The van der Waals surface area contributed by atoms with Crippen molar-refractivity contribution in [2.45, 2.75) is 0 Å². The summed E-state index contributed by atoms with van der Waals surface area (Å²) in [6, 6.07) is 15.6. The predicted octanol–water partition coefficient (Wildman–Crippen LogP) is 4.23. The van der Waals surface area contributed by atoms with Crippen molar-refractivity contribution in [3.63, 3.8) is 0 Å². The highest BCUT2D eigenvalue weighted by molar-refractivity contribution is 7.08. The lowest BCUT2D eigenvalue weighted by Crippen LogP contribution is -2.18. The lowest BCUT2D eigenvalue weighted by atomic mass is 10.1. The molecule has 4 nitrogen and oxygen atoms in total. The first-order chi connectivity index (χ1) is 12.2. The van der Waals surface area contributed by atoms with Crippen LogP contribution in [-0.2, 0) is 0 Å². The molecule has 3 aromatic rings. The number of carbonyl (C=O) groups is 2. The molecule has 0 fully saturated rings. The Balaban J connectivity index is 1.81. The molecule has 0 aliphatic carbocycles. The van der Waals surface area contributed by atoms with Crippen molar-refractivity contribution in [3.8, 4) is 12.3 Å². The number of amides is 2. The average Bonchev–Trinajstić information content (AvgIpc) is 3.17. The van der Waals surface area contributed by atoms with E-state index < -0.39 is 0 Å². The molecule has 1 aromatic heterocycles. The van der Waals surface area contributed by atoms with E-state index in [2.05, 4.69) is 16.6 Å². The Bertz CT molecular complexity index is 956. The highest BCUT2D eigenvalue weighted by Gasteiger charge is 2.14. The van der Waals surface area contributed by atoms with Crippen LogP contribution >= 0.6 is 11.3 Å². The Kier molecular flexibility index (Phi) is 4.93. The highest BCUT2D eigenvalue weighted by Crippen LogP contribution is 2.19. The lowest BCUT2D eigenvalue weighted by molar-refractivity contribution is 0.102. The first-order valence-electron chi connectivity index (χ1n) is 7.48. The van der Waals surface area contributed by atoms with E-state index in [4.69, 9.17) is 6.42 Å². The van der Waals surface area contributed by atoms with E-state index in [0.29, 0.717) is 28.1 Å². The van der Waals surface area contributed by atoms with Gasteiger partial charge in [-0.2, -0.15) is 11.3 Å². The summed E-state index contributed by atoms with van der Waals surface area (Å²) >= 11 is 1.44. The summed E-state index contributed by atoms with van der Waals surface area (Å²) in [5.74, 6) is 1.95. The van der Waals surface area contributed by atoms with Crippen LogP contribution in [0.1, 0.15) is 26.3 Å². The molecule has 0 atom stereocenters. The molecule has 0 radical (unpaired) electrons. The van der Waals surface area contributed by atoms with Crippen LogP contribution in [0.25, 0.3) is 0 Å². The monoisotopic (exact) mass is 346 g/mol. The van der Waals surface area contributed by atoms with Gasteiger partial charge in [0, 0.05) is 16.6 Å². The highest BCUT2D eigenvalue weighted by atomic mass is 32.1. The molecule has 2 aromatic carbocycles. The second-order valence-corrected chi connectivity index (χ2v) is 5.97. The van der Waals surface area contributed by atoms with Gasteiger partial charge >= 0.3 is 0 Å². The van der Waals surface area contributed by atoms with Crippen LogP contribution in [0.4, 0.5) is 11.4 Å². The molecular weight excluding hydrogens is 332 g/mol. The third kappa shape index (κ3) is 3.94. The SMILES string of the molecule is C#Cc1cccc(NC(=O)c2ccccc2NC(=O)c2ccsc2)c1. The number of anilines is 2. The number of carbonyl (C=O) groups excluding carboxylic acids is 2. The van der Waals surface area contributed by atoms with Crippen LogP contribution in [0.5, 0.6) is 0 Å². The maximum atomic E-state index is 12.6. The molecule has 0 aliphatic rings. The van der Waals surface area contributed by atoms with Crippen molar-refractivity contribution in [3.05, 3.63) is 82.0 Å². The number of hydrogen-bond donors (Lipinski definition) is 2. The van der Waals surface area contributed by atoms with Gasteiger partial charge in [-0.25, -0.2) is 0 Å². The van der Waals surface area contributed by atoms with Crippen LogP contribution in [0.15, 0.2) is 65.4 Å². The standard InChI is InChI=1S/C20H14N2O2S/c1-2-14-6-5-7-16(12-14)21-20(24)17-8-3-4-9-18(17)22-19(23)15-10-11-25-13-15/h1,3-13H,(H,21,24)(H,22,23). The minimum Gasteiger partial charge on any atom is -0.322 e. The van der Waals surface area contributed by atoms with Gasteiger partial charge in [0.05, 0.1) is 16.8 Å². The molecule has 2 N–H and O–H groups in total. The van der Waals surface area contributed by atoms with E-state index in [0.717, 1.165) is 0 Å². The van der Waals surface area contributed by atoms with Gasteiger partial charge in [0.2, 0.25) is 0 Å². The number of hydrogen-bond acceptors (Lipinski definition) is 3.